The van der Waals surface area contributed by atoms with E-state index >= 15 is 0 Å². The van der Waals surface area contributed by atoms with Crippen LogP contribution in [0.5, 0.6) is 0 Å². The van der Waals surface area contributed by atoms with Crippen LogP contribution in [0.15, 0.2) is 71.3 Å². The van der Waals surface area contributed by atoms with Gasteiger partial charge in [-0.3, -0.25) is 9.78 Å². The second-order valence-corrected chi connectivity index (χ2v) is 6.12. The number of pyridine rings is 1. The van der Waals surface area contributed by atoms with E-state index in [1.165, 1.54) is 0 Å². The second-order valence-electron chi connectivity index (χ2n) is 5.21. The Kier molecular flexibility index (Phi) is 5.07. The number of nitrogens with zero attached hydrogens (tertiary/aromatic N) is 2. The first-order valence-electron chi connectivity index (χ1n) is 7.44. The molecule has 25 heavy (non-hydrogen) atoms. The topological polar surface area (TPSA) is 77.8 Å². The number of hydrogen-bond acceptors (Lipinski definition) is 4. The standard InChI is InChI=1S/C19H13BrN4O/c20-14-4-6-15(7-5-14)24-19(25)18-11-17(8-9-22-18)23-16-3-1-2-13(10-16)12-21/h1-11H,(H,22,23)(H,24,25). The molecule has 2 aromatic carbocycles. The van der Waals surface area contributed by atoms with E-state index in [9.17, 15) is 4.79 Å². The number of anilines is 3. The highest BCUT2D eigenvalue weighted by Crippen LogP contribution is 2.19. The number of rotatable bonds is 4. The molecule has 0 aliphatic carbocycles. The van der Waals surface area contributed by atoms with Crippen molar-refractivity contribution in [1.82, 2.24) is 4.98 Å². The lowest BCUT2D eigenvalue weighted by atomic mass is 10.2. The van der Waals surface area contributed by atoms with Gasteiger partial charge in [0.25, 0.3) is 5.91 Å². The molecule has 0 atom stereocenters. The van der Waals surface area contributed by atoms with Crippen molar-refractivity contribution in [3.8, 4) is 6.07 Å². The van der Waals surface area contributed by atoms with E-state index in [0.29, 0.717) is 22.6 Å². The van der Waals surface area contributed by atoms with Gasteiger partial charge < -0.3 is 10.6 Å². The van der Waals surface area contributed by atoms with Crippen LogP contribution in [0.25, 0.3) is 0 Å². The lowest BCUT2D eigenvalue weighted by Crippen LogP contribution is -2.13. The van der Waals surface area contributed by atoms with Crippen LogP contribution in [0.4, 0.5) is 17.1 Å². The van der Waals surface area contributed by atoms with E-state index in [-0.39, 0.29) is 5.91 Å². The minimum absolute atomic E-state index is 0.295. The lowest BCUT2D eigenvalue weighted by Gasteiger charge is -2.09. The Morgan fingerprint density at radius 2 is 1.76 bits per heavy atom. The zero-order valence-corrected chi connectivity index (χ0v) is 14.6. The van der Waals surface area contributed by atoms with Crippen molar-refractivity contribution in [2.75, 3.05) is 10.6 Å². The van der Waals surface area contributed by atoms with Crippen molar-refractivity contribution in [2.45, 2.75) is 0 Å². The fourth-order valence-electron chi connectivity index (χ4n) is 2.19. The molecule has 122 valence electrons. The molecule has 0 radical (unpaired) electrons. The van der Waals surface area contributed by atoms with Crippen LogP contribution in [-0.4, -0.2) is 10.9 Å². The van der Waals surface area contributed by atoms with E-state index in [1.54, 1.807) is 48.7 Å². The van der Waals surface area contributed by atoms with Crippen LogP contribution in [0, 0.1) is 11.3 Å². The summed E-state index contributed by atoms with van der Waals surface area (Å²) in [7, 11) is 0. The predicted molar refractivity (Wildman–Crippen MR) is 101 cm³/mol. The van der Waals surface area contributed by atoms with Gasteiger partial charge in [0.05, 0.1) is 11.6 Å². The Balaban J connectivity index is 1.75. The highest BCUT2D eigenvalue weighted by atomic mass is 79.9. The second kappa shape index (κ2) is 7.60. The molecule has 0 unspecified atom stereocenters. The van der Waals surface area contributed by atoms with Gasteiger partial charge in [-0.15, -0.1) is 0 Å². The van der Waals surface area contributed by atoms with Crippen molar-refractivity contribution >= 4 is 38.9 Å². The highest BCUT2D eigenvalue weighted by molar-refractivity contribution is 9.10. The summed E-state index contributed by atoms with van der Waals surface area (Å²) in [5.41, 5.74) is 3.03. The molecule has 0 fully saturated rings. The third-order valence-corrected chi connectivity index (χ3v) is 3.90. The van der Waals surface area contributed by atoms with Crippen molar-refractivity contribution in [1.29, 1.82) is 5.26 Å². The largest absolute Gasteiger partial charge is 0.355 e. The first-order valence-corrected chi connectivity index (χ1v) is 8.23. The molecule has 0 spiro atoms. The molecule has 0 bridgehead atoms. The number of nitrogens with one attached hydrogen (secondary N) is 2. The Bertz CT molecular complexity index is 948. The number of halogens is 1. The molecular weight excluding hydrogens is 380 g/mol. The van der Waals surface area contributed by atoms with Crippen molar-refractivity contribution in [2.24, 2.45) is 0 Å². The fourth-order valence-corrected chi connectivity index (χ4v) is 2.46. The van der Waals surface area contributed by atoms with Gasteiger partial charge in [-0.2, -0.15) is 5.26 Å². The van der Waals surface area contributed by atoms with Crippen LogP contribution in [0.2, 0.25) is 0 Å². The minimum Gasteiger partial charge on any atom is -0.355 e. The Morgan fingerprint density at radius 3 is 2.52 bits per heavy atom. The van der Waals surface area contributed by atoms with Gasteiger partial charge in [0.15, 0.2) is 0 Å². The zero-order chi connectivity index (χ0) is 17.6. The fraction of sp³-hybridized carbons (Fsp3) is 0. The zero-order valence-electron chi connectivity index (χ0n) is 13.0. The van der Waals surface area contributed by atoms with Gasteiger partial charge in [-0.05, 0) is 54.6 Å². The van der Waals surface area contributed by atoms with Gasteiger partial charge in [0.2, 0.25) is 0 Å². The molecule has 1 amide bonds. The molecule has 0 saturated carbocycles. The Labute approximate surface area is 153 Å². The number of carbonyl (C=O) groups excluding carboxylic acids is 1. The monoisotopic (exact) mass is 392 g/mol. The molecule has 5 nitrogen and oxygen atoms in total. The predicted octanol–water partition coefficient (Wildman–Crippen LogP) is 4.71. The Morgan fingerprint density at radius 1 is 1.00 bits per heavy atom. The lowest BCUT2D eigenvalue weighted by molar-refractivity contribution is 0.102. The smallest absolute Gasteiger partial charge is 0.274 e. The summed E-state index contributed by atoms with van der Waals surface area (Å²) in [5.74, 6) is -0.295. The van der Waals surface area contributed by atoms with E-state index in [0.717, 1.165) is 10.2 Å². The van der Waals surface area contributed by atoms with Crippen LogP contribution < -0.4 is 10.6 Å². The van der Waals surface area contributed by atoms with Crippen molar-refractivity contribution in [3.63, 3.8) is 0 Å². The maximum Gasteiger partial charge on any atom is 0.274 e. The van der Waals surface area contributed by atoms with Crippen molar-refractivity contribution < 1.29 is 4.79 Å². The number of benzene rings is 2. The highest BCUT2D eigenvalue weighted by Gasteiger charge is 2.09. The van der Waals surface area contributed by atoms with E-state index in [1.807, 2.05) is 18.2 Å². The van der Waals surface area contributed by atoms with Crippen LogP contribution >= 0.6 is 15.9 Å². The molecule has 3 aromatic rings. The molecule has 6 heteroatoms. The third kappa shape index (κ3) is 4.43. The molecule has 3 rings (SSSR count). The van der Waals surface area contributed by atoms with E-state index in [2.05, 4.69) is 37.6 Å². The average Bonchev–Trinajstić information content (AvgIpc) is 2.64. The molecular formula is C19H13BrN4O. The minimum atomic E-state index is -0.295. The summed E-state index contributed by atoms with van der Waals surface area (Å²) in [5, 5.41) is 14.9. The van der Waals surface area contributed by atoms with E-state index < -0.39 is 0 Å². The average molecular weight is 393 g/mol. The molecule has 0 aliphatic rings. The Hall–Kier alpha value is -3.17. The normalized spacial score (nSPS) is 9.92. The molecule has 1 aromatic heterocycles. The summed E-state index contributed by atoms with van der Waals surface area (Å²) in [4.78, 5) is 16.5. The first-order chi connectivity index (χ1) is 12.1. The summed E-state index contributed by atoms with van der Waals surface area (Å²) in [6, 6.07) is 19.9. The number of carbonyl (C=O) groups is 1. The van der Waals surface area contributed by atoms with Crippen LogP contribution in [0.3, 0.4) is 0 Å². The van der Waals surface area contributed by atoms with Gasteiger partial charge in [-0.25, -0.2) is 0 Å². The summed E-state index contributed by atoms with van der Waals surface area (Å²) >= 11 is 3.35. The summed E-state index contributed by atoms with van der Waals surface area (Å²) in [6.45, 7) is 0. The van der Waals surface area contributed by atoms with Crippen LogP contribution in [0.1, 0.15) is 16.1 Å². The first kappa shape index (κ1) is 16.7. The molecule has 2 N–H and O–H groups in total. The number of hydrogen-bond donors (Lipinski definition) is 2. The number of amides is 1. The summed E-state index contributed by atoms with van der Waals surface area (Å²) < 4.78 is 0.939. The van der Waals surface area contributed by atoms with Crippen LogP contribution in [-0.2, 0) is 0 Å². The maximum absolute atomic E-state index is 12.3. The van der Waals surface area contributed by atoms with Gasteiger partial charge >= 0.3 is 0 Å². The third-order valence-electron chi connectivity index (χ3n) is 3.38. The molecule has 0 saturated heterocycles. The number of aromatic nitrogens is 1. The van der Waals surface area contributed by atoms with Gasteiger partial charge in [-0.1, -0.05) is 22.0 Å². The quantitative estimate of drug-likeness (QED) is 0.673. The SMILES string of the molecule is N#Cc1cccc(Nc2ccnc(C(=O)Nc3ccc(Br)cc3)c2)c1. The molecule has 0 aliphatic heterocycles. The maximum atomic E-state index is 12.3. The van der Waals surface area contributed by atoms with E-state index in [4.69, 9.17) is 5.26 Å². The summed E-state index contributed by atoms with van der Waals surface area (Å²) in [6.07, 6.45) is 1.56. The van der Waals surface area contributed by atoms with Gasteiger partial charge in [0.1, 0.15) is 5.69 Å². The molecule has 1 heterocycles. The van der Waals surface area contributed by atoms with Crippen molar-refractivity contribution in [3.05, 3.63) is 82.6 Å². The van der Waals surface area contributed by atoms with Gasteiger partial charge in [0, 0.05) is 27.7 Å². The number of nitriles is 1.